The first-order valence-electron chi connectivity index (χ1n) is 12.9. The highest BCUT2D eigenvalue weighted by atomic mass is 28.4. The van der Waals surface area contributed by atoms with Gasteiger partial charge in [0, 0.05) is 30.4 Å². The number of aromatic nitrogens is 1. The molecular weight excluding hydrogens is 468 g/mol. The van der Waals surface area contributed by atoms with E-state index in [9.17, 15) is 14.4 Å². The predicted octanol–water partition coefficient (Wildman–Crippen LogP) is 4.87. The van der Waals surface area contributed by atoms with Crippen LogP contribution in [0, 0.1) is 0 Å². The highest BCUT2D eigenvalue weighted by molar-refractivity contribution is 6.85. The number of likely N-dealkylation sites (tertiary alicyclic amines) is 1. The average molecular weight is 507 g/mol. The molecule has 1 saturated heterocycles. The molecule has 7 heteroatoms. The van der Waals surface area contributed by atoms with Crippen molar-refractivity contribution in [1.29, 1.82) is 0 Å². The second kappa shape index (κ2) is 10.2. The van der Waals surface area contributed by atoms with Crippen LogP contribution in [-0.4, -0.2) is 53.6 Å². The number of esters is 1. The third kappa shape index (κ3) is 6.26. The summed E-state index contributed by atoms with van der Waals surface area (Å²) >= 11 is 0. The lowest BCUT2D eigenvalue weighted by atomic mass is 9.88. The quantitative estimate of drug-likeness (QED) is 0.369. The Balaban J connectivity index is 1.38. The van der Waals surface area contributed by atoms with E-state index in [0.717, 1.165) is 34.5 Å². The summed E-state index contributed by atoms with van der Waals surface area (Å²) in [5.74, 6) is 0.235. The average Bonchev–Trinajstić information content (AvgIpc) is 3.25. The van der Waals surface area contributed by atoms with Crippen LogP contribution in [0.15, 0.2) is 48.5 Å². The number of carbonyl (C=O) groups excluding carboxylic acids is 2. The molecule has 2 N–H and O–H groups in total. The largest absolute Gasteiger partial charge is 0.460 e. The summed E-state index contributed by atoms with van der Waals surface area (Å²) in [7, 11) is -2.50. The van der Waals surface area contributed by atoms with Crippen molar-refractivity contribution in [2.24, 2.45) is 0 Å². The third-order valence-corrected chi connectivity index (χ3v) is 8.55. The lowest BCUT2D eigenvalue weighted by molar-refractivity contribution is -0.154. The van der Waals surface area contributed by atoms with E-state index < -0.39 is 13.9 Å². The van der Waals surface area contributed by atoms with E-state index in [4.69, 9.17) is 4.74 Å². The van der Waals surface area contributed by atoms with Crippen molar-refractivity contribution in [2.75, 3.05) is 13.1 Å². The summed E-state index contributed by atoms with van der Waals surface area (Å²) in [6.45, 7) is 10.9. The smallest absolute Gasteiger partial charge is 0.306 e. The molecule has 0 spiro atoms. The van der Waals surface area contributed by atoms with Gasteiger partial charge >= 0.3 is 5.97 Å². The van der Waals surface area contributed by atoms with Gasteiger partial charge in [0.25, 0.3) is 5.91 Å². The van der Waals surface area contributed by atoms with Crippen LogP contribution in [0.1, 0.15) is 67.6 Å². The Labute approximate surface area is 214 Å². The summed E-state index contributed by atoms with van der Waals surface area (Å²) in [4.78, 5) is 41.2. The Morgan fingerprint density at radius 1 is 1.08 bits per heavy atom. The number of hydrogen-bond donors (Lipinski definition) is 2. The zero-order valence-electron chi connectivity index (χ0n) is 22.1. The Morgan fingerprint density at radius 2 is 1.78 bits per heavy atom. The van der Waals surface area contributed by atoms with Crippen molar-refractivity contribution in [1.82, 2.24) is 9.88 Å². The second-order valence-electron chi connectivity index (χ2n) is 11.4. The van der Waals surface area contributed by atoms with Crippen molar-refractivity contribution in [3.05, 3.63) is 65.4 Å². The SMILES string of the molecule is CC(C)(C)OC(=O)CCc1cccc(C2CCN(C(=O)c3cc4c([Si](C)(C)O)cccc4[nH]3)CC2)c1. The maximum Gasteiger partial charge on any atom is 0.306 e. The van der Waals surface area contributed by atoms with Crippen LogP contribution < -0.4 is 5.19 Å². The number of benzene rings is 2. The molecule has 1 aromatic heterocycles. The summed E-state index contributed by atoms with van der Waals surface area (Å²) in [6.07, 6.45) is 2.85. The molecular formula is C29H38N2O4Si. The van der Waals surface area contributed by atoms with Gasteiger partial charge in [0.1, 0.15) is 11.3 Å². The van der Waals surface area contributed by atoms with Crippen LogP contribution >= 0.6 is 0 Å². The molecule has 0 saturated carbocycles. The molecule has 0 unspecified atom stereocenters. The first-order valence-corrected chi connectivity index (χ1v) is 15.8. The number of carbonyl (C=O) groups is 2. The van der Waals surface area contributed by atoms with Gasteiger partial charge in [-0.25, -0.2) is 0 Å². The molecule has 192 valence electrons. The molecule has 1 fully saturated rings. The molecule has 0 bridgehead atoms. The highest BCUT2D eigenvalue weighted by Gasteiger charge is 2.28. The number of piperidine rings is 1. The van der Waals surface area contributed by atoms with Crippen LogP contribution in [0.2, 0.25) is 13.1 Å². The molecule has 1 aliphatic rings. The molecule has 1 amide bonds. The molecule has 0 aliphatic carbocycles. The monoisotopic (exact) mass is 506 g/mol. The number of hydrogen-bond acceptors (Lipinski definition) is 4. The molecule has 2 heterocycles. The van der Waals surface area contributed by atoms with Gasteiger partial charge in [-0.05, 0) is 87.5 Å². The van der Waals surface area contributed by atoms with Crippen molar-refractivity contribution in [3.8, 4) is 0 Å². The fourth-order valence-electron chi connectivity index (χ4n) is 5.03. The number of rotatable bonds is 6. The molecule has 1 aliphatic heterocycles. The van der Waals surface area contributed by atoms with Crippen molar-refractivity contribution >= 4 is 36.3 Å². The minimum absolute atomic E-state index is 0.0131. The van der Waals surface area contributed by atoms with Gasteiger partial charge in [-0.3, -0.25) is 9.59 Å². The van der Waals surface area contributed by atoms with E-state index in [0.29, 0.717) is 37.5 Å². The zero-order valence-corrected chi connectivity index (χ0v) is 23.1. The normalized spacial score (nSPS) is 15.3. The summed E-state index contributed by atoms with van der Waals surface area (Å²) < 4.78 is 5.43. The topological polar surface area (TPSA) is 82.6 Å². The van der Waals surface area contributed by atoms with Crippen LogP contribution in [0.5, 0.6) is 0 Å². The molecule has 4 rings (SSSR count). The van der Waals surface area contributed by atoms with Gasteiger partial charge in [0.15, 0.2) is 0 Å². The zero-order chi connectivity index (χ0) is 26.1. The first-order chi connectivity index (χ1) is 16.9. The minimum Gasteiger partial charge on any atom is -0.460 e. The predicted molar refractivity (Wildman–Crippen MR) is 146 cm³/mol. The molecule has 0 radical (unpaired) electrons. The molecule has 36 heavy (non-hydrogen) atoms. The van der Waals surface area contributed by atoms with E-state index in [1.165, 1.54) is 5.56 Å². The van der Waals surface area contributed by atoms with E-state index in [-0.39, 0.29) is 11.9 Å². The van der Waals surface area contributed by atoms with Crippen molar-refractivity contribution < 1.29 is 19.1 Å². The number of aryl methyl sites for hydroxylation is 1. The van der Waals surface area contributed by atoms with Crippen LogP contribution in [-0.2, 0) is 16.0 Å². The lowest BCUT2D eigenvalue weighted by Crippen LogP contribution is -2.41. The van der Waals surface area contributed by atoms with Crippen LogP contribution in [0.25, 0.3) is 10.9 Å². The van der Waals surface area contributed by atoms with E-state index >= 15 is 0 Å². The Kier molecular flexibility index (Phi) is 7.43. The summed E-state index contributed by atoms with van der Waals surface area (Å²) in [6, 6.07) is 16.2. The Hall–Kier alpha value is -2.90. The van der Waals surface area contributed by atoms with Gasteiger partial charge in [-0.15, -0.1) is 0 Å². The second-order valence-corrected chi connectivity index (χ2v) is 15.1. The Morgan fingerprint density at radius 3 is 2.44 bits per heavy atom. The number of H-pyrrole nitrogens is 1. The number of nitrogens with zero attached hydrogens (tertiary/aromatic N) is 1. The number of amides is 1. The van der Waals surface area contributed by atoms with Gasteiger partial charge < -0.3 is 19.4 Å². The number of aromatic amines is 1. The van der Waals surface area contributed by atoms with Gasteiger partial charge in [0.05, 0.1) is 0 Å². The van der Waals surface area contributed by atoms with Crippen molar-refractivity contribution in [2.45, 2.75) is 71.1 Å². The number of ether oxygens (including phenoxy) is 1. The maximum atomic E-state index is 13.3. The lowest BCUT2D eigenvalue weighted by Gasteiger charge is -2.32. The van der Waals surface area contributed by atoms with Crippen LogP contribution in [0.3, 0.4) is 0 Å². The van der Waals surface area contributed by atoms with Gasteiger partial charge in [-0.1, -0.05) is 36.4 Å². The fraction of sp³-hybridized carbons (Fsp3) is 0.448. The van der Waals surface area contributed by atoms with Gasteiger partial charge in [0.2, 0.25) is 8.32 Å². The van der Waals surface area contributed by atoms with Crippen molar-refractivity contribution in [3.63, 3.8) is 0 Å². The minimum atomic E-state index is -2.50. The molecule has 6 nitrogen and oxygen atoms in total. The van der Waals surface area contributed by atoms with Crippen LogP contribution in [0.4, 0.5) is 0 Å². The number of fused-ring (bicyclic) bond motifs is 1. The third-order valence-electron chi connectivity index (χ3n) is 6.80. The summed E-state index contributed by atoms with van der Waals surface area (Å²) in [5.41, 5.74) is 3.42. The standard InChI is InChI=1S/C29H38N2O4Si/c1-29(2,3)35-27(32)13-12-20-8-6-9-22(18-20)21-14-16-31(17-15-21)28(33)25-19-23-24(30-25)10-7-11-26(23)36(4,5)34/h6-11,18-19,21,30,34H,12-17H2,1-5H3. The Bertz CT molecular complexity index is 1240. The van der Waals surface area contributed by atoms with E-state index in [1.54, 1.807) is 0 Å². The summed E-state index contributed by atoms with van der Waals surface area (Å²) in [5, 5.41) is 1.89. The fourth-order valence-corrected chi connectivity index (χ4v) is 6.40. The highest BCUT2D eigenvalue weighted by Crippen LogP contribution is 2.30. The molecule has 3 aromatic rings. The number of nitrogens with one attached hydrogen (secondary N) is 1. The van der Waals surface area contributed by atoms with E-state index in [1.807, 2.05) is 63.0 Å². The van der Waals surface area contributed by atoms with E-state index in [2.05, 4.69) is 29.2 Å². The maximum absolute atomic E-state index is 13.3. The first kappa shape index (κ1) is 26.2. The molecule has 0 atom stereocenters. The van der Waals surface area contributed by atoms with Gasteiger partial charge in [-0.2, -0.15) is 0 Å². The molecule has 2 aromatic carbocycles.